The van der Waals surface area contributed by atoms with E-state index < -0.39 is 60.9 Å². The lowest BCUT2D eigenvalue weighted by Gasteiger charge is -2.42. The quantitative estimate of drug-likeness (QED) is 0.544. The van der Waals surface area contributed by atoms with Crippen LogP contribution in [-0.4, -0.2) is 70.2 Å². The van der Waals surface area contributed by atoms with Crippen molar-refractivity contribution in [2.24, 2.45) is 11.8 Å². The van der Waals surface area contributed by atoms with Crippen LogP contribution in [0.4, 0.5) is 0 Å². The first-order valence-electron chi connectivity index (χ1n) is 8.57. The highest BCUT2D eigenvalue weighted by Crippen LogP contribution is 2.47. The predicted octanol–water partition coefficient (Wildman–Crippen LogP) is -0.771. The summed E-state index contributed by atoms with van der Waals surface area (Å²) in [4.78, 5) is 23.8. The molecule has 0 aromatic rings. The molecule has 2 aliphatic heterocycles. The zero-order valence-corrected chi connectivity index (χ0v) is 14.6. The van der Waals surface area contributed by atoms with E-state index in [-0.39, 0.29) is 18.6 Å². The number of hydrogen-bond acceptors (Lipinski definition) is 9. The van der Waals surface area contributed by atoms with Crippen LogP contribution in [-0.2, 0) is 28.5 Å². The Morgan fingerprint density at radius 2 is 2.15 bits per heavy atom. The summed E-state index contributed by atoms with van der Waals surface area (Å²) < 4.78 is 22.2. The van der Waals surface area contributed by atoms with Crippen LogP contribution < -0.4 is 0 Å². The van der Waals surface area contributed by atoms with Crippen LogP contribution in [0.5, 0.6) is 0 Å². The molecule has 9 heteroatoms. The van der Waals surface area contributed by atoms with Crippen LogP contribution >= 0.6 is 0 Å². The van der Waals surface area contributed by atoms with Crippen LogP contribution in [0, 0.1) is 11.8 Å². The van der Waals surface area contributed by atoms with Crippen molar-refractivity contribution >= 4 is 11.8 Å². The molecule has 0 aromatic heterocycles. The number of aliphatic hydroxyl groups is 3. The molecule has 0 spiro atoms. The molecule has 0 radical (unpaired) electrons. The van der Waals surface area contributed by atoms with E-state index in [4.69, 9.17) is 18.9 Å². The summed E-state index contributed by atoms with van der Waals surface area (Å²) in [6, 6.07) is 0. The van der Waals surface area contributed by atoms with E-state index in [1.807, 2.05) is 0 Å². The summed E-state index contributed by atoms with van der Waals surface area (Å²) >= 11 is 0. The predicted molar refractivity (Wildman–Crippen MR) is 84.3 cm³/mol. The minimum absolute atomic E-state index is 0.0309. The highest BCUT2D eigenvalue weighted by molar-refractivity contribution is 5.87. The Labute approximate surface area is 150 Å². The fourth-order valence-corrected chi connectivity index (χ4v) is 3.99. The van der Waals surface area contributed by atoms with Gasteiger partial charge in [-0.3, -0.25) is 9.59 Å². The average Bonchev–Trinajstić information content (AvgIpc) is 2.81. The molecular weight excluding hydrogens is 348 g/mol. The van der Waals surface area contributed by atoms with Gasteiger partial charge in [0.1, 0.15) is 23.6 Å². The van der Waals surface area contributed by atoms with Crippen LogP contribution in [0.15, 0.2) is 12.3 Å². The summed E-state index contributed by atoms with van der Waals surface area (Å²) in [5, 5.41) is 29.0. The molecule has 2 fully saturated rings. The molecule has 8 atom stereocenters. The van der Waals surface area contributed by atoms with Gasteiger partial charge in [-0.25, -0.2) is 0 Å². The Morgan fingerprint density at radius 1 is 1.42 bits per heavy atom. The van der Waals surface area contributed by atoms with Gasteiger partial charge < -0.3 is 34.3 Å². The maximum Gasteiger partial charge on any atom is 0.303 e. The molecule has 3 rings (SSSR count). The minimum Gasteiger partial charge on any atom is -0.472 e. The van der Waals surface area contributed by atoms with Crippen LogP contribution in [0.1, 0.15) is 26.7 Å². The van der Waals surface area contributed by atoms with Crippen molar-refractivity contribution < 1.29 is 43.9 Å². The third-order valence-corrected chi connectivity index (χ3v) is 5.16. The third kappa shape index (κ3) is 3.49. The standard InChI is InChI=1S/C17H24O9/c1-8(19)26-17(2)6-11(21)9-3-4-23-16(14(9)17)25-13-5-10(20)15(22)12(7-18)24-13/h3-4,9-10,12-16,18,20,22H,5-7H2,1-2H3. The van der Waals surface area contributed by atoms with Crippen molar-refractivity contribution in [2.45, 2.75) is 63.2 Å². The SMILES string of the molecule is CC(=O)OC1(C)CC(=O)C2C=COC(OC3CC(O)C(O)C(CO)O3)C21. The number of ether oxygens (including phenoxy) is 4. The van der Waals surface area contributed by atoms with E-state index in [2.05, 4.69) is 0 Å². The van der Waals surface area contributed by atoms with Crippen LogP contribution in [0.3, 0.4) is 0 Å². The molecule has 0 bridgehead atoms. The number of allylic oxidation sites excluding steroid dienone is 1. The molecule has 2 heterocycles. The zero-order chi connectivity index (χ0) is 19.1. The molecule has 9 nitrogen and oxygen atoms in total. The molecule has 1 aliphatic carbocycles. The van der Waals surface area contributed by atoms with Crippen molar-refractivity contribution in [2.75, 3.05) is 6.61 Å². The number of fused-ring (bicyclic) bond motifs is 1. The number of carbonyl (C=O) groups excluding carboxylic acids is 2. The van der Waals surface area contributed by atoms with E-state index in [1.165, 1.54) is 13.2 Å². The Hall–Kier alpha value is -1.52. The Bertz CT molecular complexity index is 591. The van der Waals surface area contributed by atoms with Crippen molar-refractivity contribution in [3.63, 3.8) is 0 Å². The van der Waals surface area contributed by atoms with Gasteiger partial charge in [0.25, 0.3) is 0 Å². The summed E-state index contributed by atoms with van der Waals surface area (Å²) in [5.41, 5.74) is -1.09. The van der Waals surface area contributed by atoms with Crippen LogP contribution in [0.2, 0.25) is 0 Å². The molecular formula is C17H24O9. The second-order valence-electron chi connectivity index (χ2n) is 7.15. The van der Waals surface area contributed by atoms with Gasteiger partial charge in [-0.1, -0.05) is 0 Å². The van der Waals surface area contributed by atoms with Gasteiger partial charge in [0.05, 0.1) is 30.8 Å². The number of hydrogen-bond donors (Lipinski definition) is 3. The van der Waals surface area contributed by atoms with Gasteiger partial charge in [0.15, 0.2) is 6.29 Å². The van der Waals surface area contributed by atoms with Crippen molar-refractivity contribution in [3.8, 4) is 0 Å². The molecule has 26 heavy (non-hydrogen) atoms. The van der Waals surface area contributed by atoms with E-state index in [0.717, 1.165) is 0 Å². The number of ketones is 1. The zero-order valence-electron chi connectivity index (χ0n) is 14.6. The molecule has 1 saturated heterocycles. The molecule has 1 saturated carbocycles. The normalized spacial score (nSPS) is 45.1. The molecule has 0 amide bonds. The number of Topliss-reactive ketones (excluding diaryl/α,β-unsaturated/α-hetero) is 1. The Morgan fingerprint density at radius 3 is 2.81 bits per heavy atom. The topological polar surface area (TPSA) is 132 Å². The van der Waals surface area contributed by atoms with Crippen molar-refractivity contribution in [1.29, 1.82) is 0 Å². The maximum atomic E-state index is 12.3. The lowest BCUT2D eigenvalue weighted by atomic mass is 9.85. The molecule has 8 unspecified atom stereocenters. The fourth-order valence-electron chi connectivity index (χ4n) is 3.99. The van der Waals surface area contributed by atoms with E-state index in [9.17, 15) is 24.9 Å². The number of aliphatic hydroxyl groups excluding tert-OH is 3. The first-order chi connectivity index (χ1) is 12.2. The van der Waals surface area contributed by atoms with E-state index >= 15 is 0 Å². The van der Waals surface area contributed by atoms with Gasteiger partial charge in [-0.15, -0.1) is 0 Å². The first-order valence-corrected chi connectivity index (χ1v) is 8.57. The van der Waals surface area contributed by atoms with Crippen molar-refractivity contribution in [3.05, 3.63) is 12.3 Å². The van der Waals surface area contributed by atoms with E-state index in [0.29, 0.717) is 0 Å². The van der Waals surface area contributed by atoms with Crippen molar-refractivity contribution in [1.82, 2.24) is 0 Å². The lowest BCUT2D eigenvalue weighted by Crippen LogP contribution is -2.53. The Balaban J connectivity index is 1.78. The van der Waals surface area contributed by atoms with E-state index in [1.54, 1.807) is 13.0 Å². The van der Waals surface area contributed by atoms with Gasteiger partial charge >= 0.3 is 5.97 Å². The van der Waals surface area contributed by atoms with Gasteiger partial charge in [0, 0.05) is 19.8 Å². The second kappa shape index (κ2) is 7.24. The first kappa shape index (κ1) is 19.2. The second-order valence-corrected chi connectivity index (χ2v) is 7.15. The number of rotatable bonds is 4. The van der Waals surface area contributed by atoms with Crippen LogP contribution in [0.25, 0.3) is 0 Å². The third-order valence-electron chi connectivity index (χ3n) is 5.16. The molecule has 3 N–H and O–H groups in total. The summed E-state index contributed by atoms with van der Waals surface area (Å²) in [5.74, 6) is -1.70. The highest BCUT2D eigenvalue weighted by atomic mass is 16.8. The molecule has 146 valence electrons. The number of esters is 1. The minimum atomic E-state index is -1.22. The summed E-state index contributed by atoms with van der Waals surface area (Å²) in [7, 11) is 0. The maximum absolute atomic E-state index is 12.3. The largest absolute Gasteiger partial charge is 0.472 e. The summed E-state index contributed by atoms with van der Waals surface area (Å²) in [6.07, 6.45) is -2.28. The fraction of sp³-hybridized carbons (Fsp3) is 0.765. The molecule has 3 aliphatic rings. The lowest BCUT2D eigenvalue weighted by molar-refractivity contribution is -0.315. The number of carbonyl (C=O) groups is 2. The van der Waals surface area contributed by atoms with Gasteiger partial charge in [-0.2, -0.15) is 0 Å². The monoisotopic (exact) mass is 372 g/mol. The Kier molecular flexibility index (Phi) is 5.36. The average molecular weight is 372 g/mol. The van der Waals surface area contributed by atoms with Gasteiger partial charge in [0.2, 0.25) is 6.29 Å². The van der Waals surface area contributed by atoms with Gasteiger partial charge in [-0.05, 0) is 13.0 Å². The summed E-state index contributed by atoms with van der Waals surface area (Å²) in [6.45, 7) is 2.44. The highest BCUT2D eigenvalue weighted by Gasteiger charge is 2.58. The smallest absolute Gasteiger partial charge is 0.303 e. The molecule has 0 aromatic carbocycles.